The zero-order valence-electron chi connectivity index (χ0n) is 11.0. The van der Waals surface area contributed by atoms with E-state index in [1.54, 1.807) is 11.8 Å². The average molecular weight is 276 g/mol. The van der Waals surface area contributed by atoms with Gasteiger partial charge in [0.25, 0.3) is 0 Å². The van der Waals surface area contributed by atoms with Gasteiger partial charge in [0.05, 0.1) is 5.75 Å². The summed E-state index contributed by atoms with van der Waals surface area (Å²) < 4.78 is 0. The summed E-state index contributed by atoms with van der Waals surface area (Å²) >= 11 is 1.65. The van der Waals surface area contributed by atoms with Crippen LogP contribution in [0.5, 0.6) is 0 Å². The van der Waals surface area contributed by atoms with Gasteiger partial charge in [-0.2, -0.15) is 0 Å². The molecule has 2 fully saturated rings. The van der Waals surface area contributed by atoms with Crippen LogP contribution in [0.2, 0.25) is 0 Å². The van der Waals surface area contributed by atoms with Crippen molar-refractivity contribution in [2.45, 2.75) is 36.2 Å². The van der Waals surface area contributed by atoms with Gasteiger partial charge in [-0.25, -0.2) is 0 Å². The maximum Gasteiger partial charge on any atom is 0.233 e. The van der Waals surface area contributed by atoms with Crippen LogP contribution in [0.4, 0.5) is 0 Å². The molecule has 0 spiro atoms. The van der Waals surface area contributed by atoms with Crippen molar-refractivity contribution in [1.82, 2.24) is 10.2 Å². The normalized spacial score (nSPS) is 26.2. The molecule has 1 N–H and O–H groups in total. The minimum Gasteiger partial charge on any atom is -0.335 e. The van der Waals surface area contributed by atoms with Crippen molar-refractivity contribution in [3.8, 4) is 0 Å². The Balaban J connectivity index is 1.61. The second kappa shape index (κ2) is 5.97. The Kier molecular flexibility index (Phi) is 4.09. The highest BCUT2D eigenvalue weighted by Crippen LogP contribution is 2.29. The van der Waals surface area contributed by atoms with Gasteiger partial charge in [-0.1, -0.05) is 18.2 Å². The molecule has 0 saturated carbocycles. The number of fused-ring (bicyclic) bond motifs is 2. The molecule has 1 aromatic rings. The van der Waals surface area contributed by atoms with Gasteiger partial charge in [-0.3, -0.25) is 4.79 Å². The van der Waals surface area contributed by atoms with Crippen LogP contribution in [0.25, 0.3) is 0 Å². The van der Waals surface area contributed by atoms with Crippen molar-refractivity contribution in [3.05, 3.63) is 30.3 Å². The van der Waals surface area contributed by atoms with Crippen molar-refractivity contribution in [1.29, 1.82) is 0 Å². The van der Waals surface area contributed by atoms with Gasteiger partial charge in [-0.05, 0) is 37.9 Å². The van der Waals surface area contributed by atoms with E-state index in [4.69, 9.17) is 0 Å². The molecule has 0 aliphatic carbocycles. The van der Waals surface area contributed by atoms with E-state index in [0.717, 1.165) is 19.5 Å². The molecule has 2 bridgehead atoms. The number of thioether (sulfide) groups is 1. The Bertz CT molecular complexity index is 423. The first kappa shape index (κ1) is 13.0. The minimum absolute atomic E-state index is 0.310. The zero-order chi connectivity index (χ0) is 13.1. The van der Waals surface area contributed by atoms with Crippen molar-refractivity contribution in [3.63, 3.8) is 0 Å². The summed E-state index contributed by atoms with van der Waals surface area (Å²) in [6, 6.07) is 11.1. The molecule has 2 heterocycles. The molecule has 102 valence electrons. The molecular formula is C15H20N2OS. The predicted octanol–water partition coefficient (Wildman–Crippen LogP) is 2.13. The van der Waals surface area contributed by atoms with E-state index in [1.807, 2.05) is 18.2 Å². The van der Waals surface area contributed by atoms with E-state index in [0.29, 0.717) is 23.7 Å². The van der Waals surface area contributed by atoms with Crippen LogP contribution in [0, 0.1) is 0 Å². The lowest BCUT2D eigenvalue weighted by atomic mass is 10.1. The molecule has 2 aliphatic rings. The monoisotopic (exact) mass is 276 g/mol. The lowest BCUT2D eigenvalue weighted by molar-refractivity contribution is -0.130. The van der Waals surface area contributed by atoms with Crippen molar-refractivity contribution < 1.29 is 4.79 Å². The van der Waals surface area contributed by atoms with E-state index in [2.05, 4.69) is 22.3 Å². The van der Waals surface area contributed by atoms with E-state index in [-0.39, 0.29) is 0 Å². The summed E-state index contributed by atoms with van der Waals surface area (Å²) in [4.78, 5) is 15.8. The second-order valence-corrected chi connectivity index (χ2v) is 6.33. The quantitative estimate of drug-likeness (QED) is 0.858. The first-order valence-corrected chi connectivity index (χ1v) is 8.03. The Labute approximate surface area is 118 Å². The van der Waals surface area contributed by atoms with Crippen molar-refractivity contribution in [2.24, 2.45) is 0 Å². The van der Waals surface area contributed by atoms with Crippen LogP contribution in [0.1, 0.15) is 19.3 Å². The summed E-state index contributed by atoms with van der Waals surface area (Å²) in [6.07, 6.45) is 3.46. The molecule has 3 rings (SSSR count). The Morgan fingerprint density at radius 3 is 2.84 bits per heavy atom. The highest BCUT2D eigenvalue weighted by molar-refractivity contribution is 8.00. The fraction of sp³-hybridized carbons (Fsp3) is 0.533. The maximum absolute atomic E-state index is 12.5. The lowest BCUT2D eigenvalue weighted by Gasteiger charge is -2.27. The van der Waals surface area contributed by atoms with Gasteiger partial charge >= 0.3 is 0 Å². The number of hydrogen-bond acceptors (Lipinski definition) is 3. The van der Waals surface area contributed by atoms with Crippen LogP contribution in [0.3, 0.4) is 0 Å². The van der Waals surface area contributed by atoms with Crippen LogP contribution in [-0.2, 0) is 4.79 Å². The molecule has 0 radical (unpaired) electrons. The Hall–Kier alpha value is -1.00. The molecule has 3 nitrogen and oxygen atoms in total. The third-order valence-corrected chi connectivity index (χ3v) is 5.04. The number of benzene rings is 1. The van der Waals surface area contributed by atoms with Gasteiger partial charge in [0.15, 0.2) is 0 Å². The molecule has 4 heteroatoms. The summed E-state index contributed by atoms with van der Waals surface area (Å²) in [5.41, 5.74) is 0. The molecule has 1 aromatic carbocycles. The molecule has 2 unspecified atom stereocenters. The maximum atomic E-state index is 12.5. The van der Waals surface area contributed by atoms with E-state index >= 15 is 0 Å². The molecule has 0 aromatic heterocycles. The fourth-order valence-corrected chi connectivity index (χ4v) is 3.91. The van der Waals surface area contributed by atoms with Gasteiger partial charge in [-0.15, -0.1) is 11.8 Å². The summed E-state index contributed by atoms with van der Waals surface area (Å²) in [5, 5.41) is 3.44. The predicted molar refractivity (Wildman–Crippen MR) is 78.3 cm³/mol. The number of carbonyl (C=O) groups excluding carboxylic acids is 1. The standard InChI is InChI=1S/C15H20N2OS/c18-15(11-19-14-4-2-1-3-5-14)17-12-6-7-13(17)10-16-9-8-12/h1-5,12-13,16H,6-11H2. The molecule has 1 amide bonds. The highest BCUT2D eigenvalue weighted by atomic mass is 32.2. The number of amides is 1. The Morgan fingerprint density at radius 1 is 1.21 bits per heavy atom. The van der Waals surface area contributed by atoms with Gasteiger partial charge in [0, 0.05) is 23.5 Å². The highest BCUT2D eigenvalue weighted by Gasteiger charge is 2.37. The lowest BCUT2D eigenvalue weighted by Crippen LogP contribution is -2.43. The molecule has 19 heavy (non-hydrogen) atoms. The largest absolute Gasteiger partial charge is 0.335 e. The SMILES string of the molecule is O=C(CSc1ccccc1)N1C2CCNCC1CC2. The molecule has 2 saturated heterocycles. The van der Waals surface area contributed by atoms with Crippen molar-refractivity contribution >= 4 is 17.7 Å². The van der Waals surface area contributed by atoms with Gasteiger partial charge in [0.1, 0.15) is 0 Å². The second-order valence-electron chi connectivity index (χ2n) is 5.28. The number of hydrogen-bond donors (Lipinski definition) is 1. The summed E-state index contributed by atoms with van der Waals surface area (Å²) in [5.74, 6) is 0.877. The van der Waals surface area contributed by atoms with Crippen LogP contribution < -0.4 is 5.32 Å². The number of carbonyl (C=O) groups is 1. The first-order valence-electron chi connectivity index (χ1n) is 7.04. The van der Waals surface area contributed by atoms with E-state index in [9.17, 15) is 4.79 Å². The number of nitrogens with one attached hydrogen (secondary N) is 1. The fourth-order valence-electron chi connectivity index (χ4n) is 3.13. The minimum atomic E-state index is 0.310. The summed E-state index contributed by atoms with van der Waals surface area (Å²) in [7, 11) is 0. The summed E-state index contributed by atoms with van der Waals surface area (Å²) in [6.45, 7) is 2.02. The Morgan fingerprint density at radius 2 is 2.00 bits per heavy atom. The third-order valence-electron chi connectivity index (χ3n) is 4.05. The zero-order valence-corrected chi connectivity index (χ0v) is 11.9. The smallest absolute Gasteiger partial charge is 0.233 e. The van der Waals surface area contributed by atoms with Gasteiger partial charge in [0.2, 0.25) is 5.91 Å². The van der Waals surface area contributed by atoms with Crippen LogP contribution in [0.15, 0.2) is 35.2 Å². The van der Waals surface area contributed by atoms with E-state index in [1.165, 1.54) is 17.7 Å². The van der Waals surface area contributed by atoms with E-state index < -0.39 is 0 Å². The topological polar surface area (TPSA) is 32.3 Å². The van der Waals surface area contributed by atoms with Gasteiger partial charge < -0.3 is 10.2 Å². The molecule has 2 atom stereocenters. The third kappa shape index (κ3) is 2.95. The van der Waals surface area contributed by atoms with Crippen molar-refractivity contribution in [2.75, 3.05) is 18.8 Å². The molecular weight excluding hydrogens is 256 g/mol. The van der Waals surface area contributed by atoms with Crippen LogP contribution in [-0.4, -0.2) is 41.7 Å². The number of rotatable bonds is 3. The number of nitrogens with zero attached hydrogens (tertiary/aromatic N) is 1. The van der Waals surface area contributed by atoms with Crippen LogP contribution >= 0.6 is 11.8 Å². The first-order chi connectivity index (χ1) is 9.34. The average Bonchev–Trinajstić information content (AvgIpc) is 2.71. The molecule has 2 aliphatic heterocycles.